The van der Waals surface area contributed by atoms with Gasteiger partial charge in [-0.1, -0.05) is 6.92 Å². The van der Waals surface area contributed by atoms with Gasteiger partial charge in [-0.15, -0.1) is 0 Å². The monoisotopic (exact) mass is 240 g/mol. The van der Waals surface area contributed by atoms with Crippen molar-refractivity contribution in [2.45, 2.75) is 20.0 Å². The summed E-state index contributed by atoms with van der Waals surface area (Å²) in [5, 5.41) is 5.98. The Morgan fingerprint density at radius 2 is 2.18 bits per heavy atom. The van der Waals surface area contributed by atoms with Crippen molar-refractivity contribution in [1.82, 2.24) is 10.6 Å². The van der Waals surface area contributed by atoms with Crippen LogP contribution in [0, 0.1) is 0 Å². The number of methoxy groups -OCH3 is 1. The molecule has 17 heavy (non-hydrogen) atoms. The lowest BCUT2D eigenvalue weighted by Gasteiger charge is -2.04. The SMILES string of the molecule is CCCNCCNC(=O)c1ccc(COC)o1. The molecule has 0 aliphatic rings. The van der Waals surface area contributed by atoms with Gasteiger partial charge in [-0.05, 0) is 25.1 Å². The summed E-state index contributed by atoms with van der Waals surface area (Å²) >= 11 is 0. The summed E-state index contributed by atoms with van der Waals surface area (Å²) in [6.07, 6.45) is 1.09. The number of rotatable bonds is 8. The van der Waals surface area contributed by atoms with E-state index in [0.29, 0.717) is 24.7 Å². The van der Waals surface area contributed by atoms with Crippen molar-refractivity contribution in [3.05, 3.63) is 23.7 Å². The standard InChI is InChI=1S/C12H20N2O3/c1-3-6-13-7-8-14-12(15)11-5-4-10(17-11)9-16-2/h4-5,13H,3,6-9H2,1-2H3,(H,14,15). The van der Waals surface area contributed by atoms with Crippen molar-refractivity contribution in [3.8, 4) is 0 Å². The molecule has 0 saturated heterocycles. The number of furan rings is 1. The Morgan fingerprint density at radius 1 is 1.35 bits per heavy atom. The molecule has 5 heteroatoms. The Kier molecular flexibility index (Phi) is 6.35. The van der Waals surface area contributed by atoms with Gasteiger partial charge in [-0.3, -0.25) is 4.79 Å². The molecular weight excluding hydrogens is 220 g/mol. The molecule has 0 spiro atoms. The maximum Gasteiger partial charge on any atom is 0.287 e. The summed E-state index contributed by atoms with van der Waals surface area (Å²) < 4.78 is 10.2. The zero-order valence-corrected chi connectivity index (χ0v) is 10.4. The predicted octanol–water partition coefficient (Wildman–Crippen LogP) is 1.16. The van der Waals surface area contributed by atoms with Crippen molar-refractivity contribution in [3.63, 3.8) is 0 Å². The second kappa shape index (κ2) is 7.86. The van der Waals surface area contributed by atoms with Gasteiger partial charge in [0.15, 0.2) is 5.76 Å². The van der Waals surface area contributed by atoms with Crippen LogP contribution in [0.4, 0.5) is 0 Å². The molecular formula is C12H20N2O3. The number of ether oxygens (including phenoxy) is 1. The van der Waals surface area contributed by atoms with E-state index in [9.17, 15) is 4.79 Å². The lowest BCUT2D eigenvalue weighted by atomic mass is 10.4. The highest BCUT2D eigenvalue weighted by molar-refractivity contribution is 5.91. The van der Waals surface area contributed by atoms with Crippen molar-refractivity contribution < 1.29 is 13.9 Å². The van der Waals surface area contributed by atoms with Gasteiger partial charge in [0.05, 0.1) is 0 Å². The maximum absolute atomic E-state index is 11.6. The molecule has 1 aromatic heterocycles. The summed E-state index contributed by atoms with van der Waals surface area (Å²) in [6.45, 7) is 4.82. The summed E-state index contributed by atoms with van der Waals surface area (Å²) in [6, 6.07) is 3.40. The molecule has 0 unspecified atom stereocenters. The second-order valence-electron chi connectivity index (χ2n) is 3.70. The van der Waals surface area contributed by atoms with Gasteiger partial charge in [0, 0.05) is 20.2 Å². The van der Waals surface area contributed by atoms with Crippen LogP contribution in [-0.2, 0) is 11.3 Å². The van der Waals surface area contributed by atoms with E-state index in [0.717, 1.165) is 19.5 Å². The molecule has 0 fully saturated rings. The van der Waals surface area contributed by atoms with E-state index in [1.54, 1.807) is 19.2 Å². The third-order valence-corrected chi connectivity index (χ3v) is 2.19. The number of carbonyl (C=O) groups excluding carboxylic acids is 1. The normalized spacial score (nSPS) is 10.5. The zero-order chi connectivity index (χ0) is 12.5. The first kappa shape index (κ1) is 13.7. The zero-order valence-electron chi connectivity index (χ0n) is 10.4. The highest BCUT2D eigenvalue weighted by Gasteiger charge is 2.09. The molecule has 5 nitrogen and oxygen atoms in total. The average molecular weight is 240 g/mol. The van der Waals surface area contributed by atoms with Crippen molar-refractivity contribution >= 4 is 5.91 Å². The predicted molar refractivity (Wildman–Crippen MR) is 64.9 cm³/mol. The van der Waals surface area contributed by atoms with Crippen LogP contribution in [0.25, 0.3) is 0 Å². The van der Waals surface area contributed by atoms with E-state index in [1.165, 1.54) is 0 Å². The van der Waals surface area contributed by atoms with Crippen LogP contribution in [0.5, 0.6) is 0 Å². The Bertz CT molecular complexity index is 336. The first-order chi connectivity index (χ1) is 8.27. The summed E-state index contributed by atoms with van der Waals surface area (Å²) in [5.74, 6) is 0.792. The minimum absolute atomic E-state index is 0.189. The number of nitrogens with one attached hydrogen (secondary N) is 2. The molecule has 96 valence electrons. The third-order valence-electron chi connectivity index (χ3n) is 2.19. The van der Waals surface area contributed by atoms with Gasteiger partial charge in [0.25, 0.3) is 5.91 Å². The van der Waals surface area contributed by atoms with E-state index in [1.807, 2.05) is 0 Å². The van der Waals surface area contributed by atoms with E-state index in [2.05, 4.69) is 17.6 Å². The Morgan fingerprint density at radius 3 is 2.88 bits per heavy atom. The smallest absolute Gasteiger partial charge is 0.287 e. The number of hydrogen-bond acceptors (Lipinski definition) is 4. The van der Waals surface area contributed by atoms with E-state index >= 15 is 0 Å². The highest BCUT2D eigenvalue weighted by Crippen LogP contribution is 2.08. The minimum Gasteiger partial charge on any atom is -0.453 e. The second-order valence-corrected chi connectivity index (χ2v) is 3.70. The molecule has 2 N–H and O–H groups in total. The Labute approximate surface area is 102 Å². The van der Waals surface area contributed by atoms with Gasteiger partial charge in [-0.25, -0.2) is 0 Å². The van der Waals surface area contributed by atoms with Gasteiger partial charge in [-0.2, -0.15) is 0 Å². The quantitative estimate of drug-likeness (QED) is 0.669. The lowest BCUT2D eigenvalue weighted by Crippen LogP contribution is -2.31. The molecule has 0 saturated carbocycles. The van der Waals surface area contributed by atoms with Crippen LogP contribution >= 0.6 is 0 Å². The minimum atomic E-state index is -0.189. The number of amides is 1. The van der Waals surface area contributed by atoms with Gasteiger partial charge >= 0.3 is 0 Å². The molecule has 0 atom stereocenters. The van der Waals surface area contributed by atoms with Crippen molar-refractivity contribution in [2.24, 2.45) is 0 Å². The van der Waals surface area contributed by atoms with Crippen LogP contribution in [0.15, 0.2) is 16.5 Å². The van der Waals surface area contributed by atoms with E-state index in [-0.39, 0.29) is 5.91 Å². The third kappa shape index (κ3) is 5.01. The molecule has 0 bridgehead atoms. The summed E-state index contributed by atoms with van der Waals surface area (Å²) in [5.41, 5.74) is 0. The molecule has 1 heterocycles. The van der Waals surface area contributed by atoms with Gasteiger partial charge in [0.1, 0.15) is 12.4 Å². The number of hydrogen-bond donors (Lipinski definition) is 2. The molecule has 1 rings (SSSR count). The van der Waals surface area contributed by atoms with Crippen molar-refractivity contribution in [1.29, 1.82) is 0 Å². The van der Waals surface area contributed by atoms with Crippen molar-refractivity contribution in [2.75, 3.05) is 26.7 Å². The average Bonchev–Trinajstić information content (AvgIpc) is 2.78. The molecule has 0 aromatic carbocycles. The maximum atomic E-state index is 11.6. The van der Waals surface area contributed by atoms with Gasteiger partial charge < -0.3 is 19.8 Å². The topological polar surface area (TPSA) is 63.5 Å². The van der Waals surface area contributed by atoms with E-state index in [4.69, 9.17) is 9.15 Å². The first-order valence-corrected chi connectivity index (χ1v) is 5.84. The molecule has 1 aromatic rings. The molecule has 0 aliphatic carbocycles. The largest absolute Gasteiger partial charge is 0.453 e. The van der Waals surface area contributed by atoms with Crippen LogP contribution < -0.4 is 10.6 Å². The fourth-order valence-electron chi connectivity index (χ4n) is 1.37. The fourth-order valence-corrected chi connectivity index (χ4v) is 1.37. The Hall–Kier alpha value is -1.33. The highest BCUT2D eigenvalue weighted by atomic mass is 16.5. The van der Waals surface area contributed by atoms with Crippen LogP contribution in [-0.4, -0.2) is 32.7 Å². The van der Waals surface area contributed by atoms with Crippen LogP contribution in [0.3, 0.4) is 0 Å². The number of carbonyl (C=O) groups is 1. The molecule has 0 aliphatic heterocycles. The Balaban J connectivity index is 2.26. The van der Waals surface area contributed by atoms with E-state index < -0.39 is 0 Å². The summed E-state index contributed by atoms with van der Waals surface area (Å²) in [7, 11) is 1.58. The summed E-state index contributed by atoms with van der Waals surface area (Å²) in [4.78, 5) is 11.6. The van der Waals surface area contributed by atoms with Crippen LogP contribution in [0.1, 0.15) is 29.7 Å². The lowest BCUT2D eigenvalue weighted by molar-refractivity contribution is 0.0917. The van der Waals surface area contributed by atoms with Gasteiger partial charge in [0.2, 0.25) is 0 Å². The molecule has 1 amide bonds. The van der Waals surface area contributed by atoms with Crippen LogP contribution in [0.2, 0.25) is 0 Å². The molecule has 0 radical (unpaired) electrons. The fraction of sp³-hybridized carbons (Fsp3) is 0.583. The first-order valence-electron chi connectivity index (χ1n) is 5.84.